The van der Waals surface area contributed by atoms with Crippen LogP contribution in [0.1, 0.15) is 29.8 Å². The lowest BCUT2D eigenvalue weighted by atomic mass is 10.2. The quantitative estimate of drug-likeness (QED) is 0.684. The van der Waals surface area contributed by atoms with Crippen molar-refractivity contribution in [2.24, 2.45) is 5.92 Å². The molecule has 0 aliphatic rings. The Morgan fingerprint density at radius 1 is 1.20 bits per heavy atom. The van der Waals surface area contributed by atoms with E-state index in [4.69, 9.17) is 17.0 Å². The second-order valence-electron chi connectivity index (χ2n) is 5.97. The average Bonchev–Trinajstić information content (AvgIpc) is 2.59. The molecule has 2 rings (SSSR count). The first kappa shape index (κ1) is 19.4. The van der Waals surface area contributed by atoms with Crippen molar-refractivity contribution in [1.82, 2.24) is 10.6 Å². The fourth-order valence-electron chi connectivity index (χ4n) is 2.05. The predicted molar refractivity (Wildman–Crippen MR) is 108 cm³/mol. The molecule has 6 heteroatoms. The summed E-state index contributed by atoms with van der Waals surface area (Å²) >= 11 is 8.60. The molecule has 2 N–H and O–H groups in total. The van der Waals surface area contributed by atoms with Gasteiger partial charge in [0.1, 0.15) is 5.75 Å². The van der Waals surface area contributed by atoms with Crippen molar-refractivity contribution in [1.29, 1.82) is 0 Å². The minimum atomic E-state index is -0.300. The molecule has 25 heavy (non-hydrogen) atoms. The average molecular weight is 421 g/mol. The molecule has 4 nitrogen and oxygen atoms in total. The second kappa shape index (κ2) is 9.53. The number of amides is 1. The van der Waals surface area contributed by atoms with E-state index in [9.17, 15) is 4.79 Å². The summed E-state index contributed by atoms with van der Waals surface area (Å²) in [7, 11) is 0. The number of halogens is 1. The van der Waals surface area contributed by atoms with Crippen LogP contribution in [0.25, 0.3) is 0 Å². The van der Waals surface area contributed by atoms with Crippen LogP contribution in [-0.2, 0) is 6.54 Å². The molecule has 0 saturated carbocycles. The molecular weight excluding hydrogens is 400 g/mol. The maximum Gasteiger partial charge on any atom is 0.261 e. The highest BCUT2D eigenvalue weighted by Gasteiger charge is 2.15. The molecule has 0 spiro atoms. The Labute approximate surface area is 162 Å². The summed E-state index contributed by atoms with van der Waals surface area (Å²) in [5.41, 5.74) is 1.53. The van der Waals surface area contributed by atoms with Gasteiger partial charge in [-0.2, -0.15) is 0 Å². The van der Waals surface area contributed by atoms with Crippen LogP contribution >= 0.6 is 28.1 Å². The van der Waals surface area contributed by atoms with Crippen LogP contribution in [-0.4, -0.2) is 17.6 Å². The molecule has 0 bridgehead atoms. The van der Waals surface area contributed by atoms with Gasteiger partial charge >= 0.3 is 0 Å². The van der Waals surface area contributed by atoms with Crippen molar-refractivity contribution in [2.75, 3.05) is 6.61 Å². The van der Waals surface area contributed by atoms with E-state index >= 15 is 0 Å². The monoisotopic (exact) mass is 420 g/mol. The highest BCUT2D eigenvalue weighted by molar-refractivity contribution is 9.10. The molecule has 2 aromatic rings. The molecule has 0 radical (unpaired) electrons. The number of nitrogens with one attached hydrogen (secondary N) is 2. The maximum absolute atomic E-state index is 12.5. The Balaban J connectivity index is 1.99. The summed E-state index contributed by atoms with van der Waals surface area (Å²) in [5, 5.41) is 6.01. The van der Waals surface area contributed by atoms with Crippen molar-refractivity contribution in [2.45, 2.75) is 20.4 Å². The third-order valence-electron chi connectivity index (χ3n) is 3.28. The fourth-order valence-corrected chi connectivity index (χ4v) is 2.58. The van der Waals surface area contributed by atoms with Crippen molar-refractivity contribution in [3.05, 3.63) is 64.1 Å². The maximum atomic E-state index is 12.5. The number of hydrogen-bond acceptors (Lipinski definition) is 3. The van der Waals surface area contributed by atoms with Gasteiger partial charge in [0.25, 0.3) is 5.91 Å². The van der Waals surface area contributed by atoms with Gasteiger partial charge in [-0.05, 0) is 41.9 Å². The van der Waals surface area contributed by atoms with Gasteiger partial charge in [0.05, 0.1) is 12.2 Å². The third-order valence-corrected chi connectivity index (χ3v) is 4.02. The van der Waals surface area contributed by atoms with Crippen LogP contribution in [0.4, 0.5) is 0 Å². The Hall–Kier alpha value is -1.92. The number of carbonyl (C=O) groups is 1. The number of ether oxygens (including phenoxy) is 1. The molecule has 0 aromatic heterocycles. The minimum Gasteiger partial charge on any atom is -0.492 e. The van der Waals surface area contributed by atoms with Gasteiger partial charge in [0.15, 0.2) is 5.11 Å². The fraction of sp³-hybridized carbons (Fsp3) is 0.263. The largest absolute Gasteiger partial charge is 0.492 e. The summed E-state index contributed by atoms with van der Waals surface area (Å²) in [6, 6.07) is 15.2. The molecule has 1 amide bonds. The molecule has 2 aromatic carbocycles. The Morgan fingerprint density at radius 2 is 1.92 bits per heavy atom. The number of thiocarbonyl (C=S) groups is 1. The molecule has 0 fully saturated rings. The molecule has 0 aliphatic carbocycles. The van der Waals surface area contributed by atoms with Crippen molar-refractivity contribution in [3.63, 3.8) is 0 Å². The standard InChI is InChI=1S/C19H21BrN2O2S/c1-13(2)12-24-17-9-8-15(20)10-16(17)18(23)22-19(25)21-11-14-6-4-3-5-7-14/h3-10,13H,11-12H2,1-2H3,(H2,21,22,23,25). The molecule has 0 saturated heterocycles. The van der Waals surface area contributed by atoms with Gasteiger partial charge < -0.3 is 10.1 Å². The molecule has 0 unspecified atom stereocenters. The lowest BCUT2D eigenvalue weighted by Gasteiger charge is -2.14. The molecular formula is C19H21BrN2O2S. The Bertz CT molecular complexity index is 735. The summed E-state index contributed by atoms with van der Waals surface area (Å²) in [6.45, 7) is 5.20. The van der Waals surface area contributed by atoms with Gasteiger partial charge in [-0.15, -0.1) is 0 Å². The number of carbonyl (C=O) groups excluding carboxylic acids is 1. The van der Waals surface area contributed by atoms with Gasteiger partial charge in [0, 0.05) is 11.0 Å². The highest BCUT2D eigenvalue weighted by atomic mass is 79.9. The van der Waals surface area contributed by atoms with E-state index < -0.39 is 0 Å². The van der Waals surface area contributed by atoms with Gasteiger partial charge in [-0.3, -0.25) is 10.1 Å². The predicted octanol–water partition coefficient (Wildman–Crippen LogP) is 4.29. The van der Waals surface area contributed by atoms with Crippen LogP contribution in [0.2, 0.25) is 0 Å². The van der Waals surface area contributed by atoms with Crippen LogP contribution < -0.4 is 15.4 Å². The first-order chi connectivity index (χ1) is 12.0. The molecule has 0 aliphatic heterocycles. The van der Waals surface area contributed by atoms with E-state index in [0.29, 0.717) is 30.4 Å². The third kappa shape index (κ3) is 6.48. The van der Waals surface area contributed by atoms with Crippen LogP contribution in [0, 0.1) is 5.92 Å². The van der Waals surface area contributed by atoms with E-state index in [1.807, 2.05) is 36.4 Å². The number of benzene rings is 2. The van der Waals surface area contributed by atoms with E-state index in [-0.39, 0.29) is 11.0 Å². The van der Waals surface area contributed by atoms with Crippen LogP contribution in [0.15, 0.2) is 53.0 Å². The minimum absolute atomic E-state index is 0.281. The number of rotatable bonds is 6. The SMILES string of the molecule is CC(C)COc1ccc(Br)cc1C(=O)NC(=S)NCc1ccccc1. The number of hydrogen-bond donors (Lipinski definition) is 2. The smallest absolute Gasteiger partial charge is 0.261 e. The van der Waals surface area contributed by atoms with Crippen molar-refractivity contribution in [3.8, 4) is 5.75 Å². The summed E-state index contributed by atoms with van der Waals surface area (Å²) in [4.78, 5) is 12.5. The van der Waals surface area contributed by atoms with Gasteiger partial charge in [-0.1, -0.05) is 60.1 Å². The zero-order valence-electron chi connectivity index (χ0n) is 14.2. The van der Waals surface area contributed by atoms with Gasteiger partial charge in [-0.25, -0.2) is 0 Å². The van der Waals surface area contributed by atoms with E-state index in [0.717, 1.165) is 10.0 Å². The highest BCUT2D eigenvalue weighted by Crippen LogP contribution is 2.23. The Kier molecular flexibility index (Phi) is 7.40. The van der Waals surface area contributed by atoms with Crippen LogP contribution in [0.5, 0.6) is 5.75 Å². The summed E-state index contributed by atoms with van der Waals surface area (Å²) in [6.07, 6.45) is 0. The topological polar surface area (TPSA) is 50.4 Å². The van der Waals surface area contributed by atoms with E-state index in [1.54, 1.807) is 12.1 Å². The molecule has 0 atom stereocenters. The summed E-state index contributed by atoms with van der Waals surface area (Å²) < 4.78 is 6.54. The van der Waals surface area contributed by atoms with E-state index in [1.165, 1.54) is 0 Å². The normalized spacial score (nSPS) is 10.4. The van der Waals surface area contributed by atoms with E-state index in [2.05, 4.69) is 40.4 Å². The van der Waals surface area contributed by atoms with Crippen LogP contribution in [0.3, 0.4) is 0 Å². The van der Waals surface area contributed by atoms with Gasteiger partial charge in [0.2, 0.25) is 0 Å². The van der Waals surface area contributed by atoms with Crippen molar-refractivity contribution >= 4 is 39.2 Å². The second-order valence-corrected chi connectivity index (χ2v) is 7.29. The first-order valence-electron chi connectivity index (χ1n) is 8.01. The molecule has 0 heterocycles. The molecule has 132 valence electrons. The lowest BCUT2D eigenvalue weighted by molar-refractivity contribution is 0.0971. The Morgan fingerprint density at radius 3 is 2.60 bits per heavy atom. The lowest BCUT2D eigenvalue weighted by Crippen LogP contribution is -2.39. The first-order valence-corrected chi connectivity index (χ1v) is 9.21. The van der Waals surface area contributed by atoms with Crippen molar-refractivity contribution < 1.29 is 9.53 Å². The zero-order chi connectivity index (χ0) is 18.2. The zero-order valence-corrected chi connectivity index (χ0v) is 16.6. The summed E-state index contributed by atoms with van der Waals surface area (Å²) in [5.74, 6) is 0.610.